The lowest BCUT2D eigenvalue weighted by atomic mass is 9.97. The molecule has 1 N–H and O–H groups in total. The molecule has 1 rings (SSSR count). The second kappa shape index (κ2) is 5.32. The lowest BCUT2D eigenvalue weighted by molar-refractivity contribution is -0.137. The number of hydrogen-bond acceptors (Lipinski definition) is 2. The number of carboxylic acids is 1. The summed E-state index contributed by atoms with van der Waals surface area (Å²) in [4.78, 5) is 10.4. The molecule has 0 radical (unpaired) electrons. The third-order valence-electron chi connectivity index (χ3n) is 2.70. The van der Waals surface area contributed by atoms with Gasteiger partial charge in [0, 0.05) is 6.42 Å². The summed E-state index contributed by atoms with van der Waals surface area (Å²) in [5.74, 6) is -0.774. The van der Waals surface area contributed by atoms with E-state index in [1.807, 2.05) is 26.0 Å². The Morgan fingerprint density at radius 3 is 2.69 bits per heavy atom. The maximum atomic E-state index is 10.4. The normalized spacial score (nSPS) is 9.81. The highest BCUT2D eigenvalue weighted by molar-refractivity contribution is 5.66. The summed E-state index contributed by atoms with van der Waals surface area (Å²) in [6.45, 7) is 3.89. The molecule has 3 heteroatoms. The quantitative estimate of drug-likeness (QED) is 0.843. The minimum absolute atomic E-state index is 0.175. The van der Waals surface area contributed by atoms with E-state index in [4.69, 9.17) is 10.4 Å². The summed E-state index contributed by atoms with van der Waals surface area (Å²) < 4.78 is 0. The number of rotatable bonds is 4. The fraction of sp³-hybridized carbons (Fsp3) is 0.385. The Bertz CT molecular complexity index is 444. The standard InChI is InChI=1S/C13H15NO2/c1-9-6-11(4-3-5-13(15)16)7-12(8-14)10(9)2/h6-7H,3-5H2,1-2H3,(H,15,16). The van der Waals surface area contributed by atoms with E-state index in [0.717, 1.165) is 16.7 Å². The zero-order chi connectivity index (χ0) is 12.1. The van der Waals surface area contributed by atoms with Gasteiger partial charge in [0.15, 0.2) is 0 Å². The summed E-state index contributed by atoms with van der Waals surface area (Å²) in [6, 6.07) is 6.04. The van der Waals surface area contributed by atoms with Crippen LogP contribution >= 0.6 is 0 Å². The molecular weight excluding hydrogens is 202 g/mol. The Labute approximate surface area is 95.3 Å². The summed E-state index contributed by atoms with van der Waals surface area (Å²) in [5.41, 5.74) is 3.82. The number of hydrogen-bond donors (Lipinski definition) is 1. The molecule has 0 saturated heterocycles. The Balaban J connectivity index is 2.79. The van der Waals surface area contributed by atoms with Gasteiger partial charge in [-0.2, -0.15) is 5.26 Å². The average molecular weight is 217 g/mol. The molecule has 0 aromatic heterocycles. The third-order valence-corrected chi connectivity index (χ3v) is 2.70. The van der Waals surface area contributed by atoms with Crippen molar-refractivity contribution < 1.29 is 9.90 Å². The van der Waals surface area contributed by atoms with Crippen molar-refractivity contribution in [1.82, 2.24) is 0 Å². The zero-order valence-electron chi connectivity index (χ0n) is 9.58. The van der Waals surface area contributed by atoms with Gasteiger partial charge in [-0.25, -0.2) is 0 Å². The minimum atomic E-state index is -0.774. The number of carbonyl (C=O) groups is 1. The van der Waals surface area contributed by atoms with Gasteiger partial charge in [0.05, 0.1) is 11.6 Å². The Morgan fingerprint density at radius 2 is 2.12 bits per heavy atom. The Morgan fingerprint density at radius 1 is 1.44 bits per heavy atom. The van der Waals surface area contributed by atoms with Crippen LogP contribution in [0.25, 0.3) is 0 Å². The number of aryl methyl sites for hydroxylation is 2. The topological polar surface area (TPSA) is 61.1 Å². The fourth-order valence-corrected chi connectivity index (χ4v) is 1.64. The maximum Gasteiger partial charge on any atom is 0.303 e. The molecule has 84 valence electrons. The number of nitrogens with zero attached hydrogens (tertiary/aromatic N) is 1. The first kappa shape index (κ1) is 12.3. The molecule has 0 saturated carbocycles. The molecule has 1 aromatic rings. The molecule has 0 amide bonds. The Hall–Kier alpha value is -1.82. The lowest BCUT2D eigenvalue weighted by Gasteiger charge is -2.06. The number of carboxylic acid groups (broad SMARTS) is 1. The number of nitriles is 1. The molecule has 0 aliphatic rings. The monoisotopic (exact) mass is 217 g/mol. The van der Waals surface area contributed by atoms with Crippen LogP contribution in [-0.4, -0.2) is 11.1 Å². The predicted octanol–water partition coefficient (Wildman–Crippen LogP) is 2.58. The fourth-order valence-electron chi connectivity index (χ4n) is 1.64. The van der Waals surface area contributed by atoms with Gasteiger partial charge in [0.25, 0.3) is 0 Å². The van der Waals surface area contributed by atoms with E-state index in [1.54, 1.807) is 0 Å². The summed E-state index contributed by atoms with van der Waals surface area (Å²) >= 11 is 0. The van der Waals surface area contributed by atoms with E-state index in [2.05, 4.69) is 6.07 Å². The number of benzene rings is 1. The van der Waals surface area contributed by atoms with Crippen molar-refractivity contribution in [2.45, 2.75) is 33.1 Å². The van der Waals surface area contributed by atoms with Gasteiger partial charge in [-0.1, -0.05) is 6.07 Å². The molecule has 0 spiro atoms. The molecule has 0 atom stereocenters. The molecule has 0 unspecified atom stereocenters. The van der Waals surface area contributed by atoms with Crippen molar-refractivity contribution in [1.29, 1.82) is 5.26 Å². The highest BCUT2D eigenvalue weighted by Crippen LogP contribution is 2.17. The van der Waals surface area contributed by atoms with Crippen molar-refractivity contribution in [3.05, 3.63) is 34.4 Å². The minimum Gasteiger partial charge on any atom is -0.481 e. The van der Waals surface area contributed by atoms with Gasteiger partial charge in [-0.15, -0.1) is 0 Å². The van der Waals surface area contributed by atoms with Crippen LogP contribution in [0.15, 0.2) is 12.1 Å². The number of aliphatic carboxylic acids is 1. The van der Waals surface area contributed by atoms with Crippen molar-refractivity contribution in [3.8, 4) is 6.07 Å². The highest BCUT2D eigenvalue weighted by Gasteiger charge is 2.04. The molecule has 0 heterocycles. The third kappa shape index (κ3) is 3.09. The first-order valence-corrected chi connectivity index (χ1v) is 5.26. The van der Waals surface area contributed by atoms with E-state index >= 15 is 0 Å². The molecule has 0 aliphatic carbocycles. The van der Waals surface area contributed by atoms with Crippen LogP contribution in [0.4, 0.5) is 0 Å². The van der Waals surface area contributed by atoms with Crippen molar-refractivity contribution >= 4 is 5.97 Å². The zero-order valence-corrected chi connectivity index (χ0v) is 9.58. The second-order valence-electron chi connectivity index (χ2n) is 3.94. The molecule has 16 heavy (non-hydrogen) atoms. The van der Waals surface area contributed by atoms with Gasteiger partial charge >= 0.3 is 5.97 Å². The summed E-state index contributed by atoms with van der Waals surface area (Å²) in [6.07, 6.45) is 1.50. The van der Waals surface area contributed by atoms with Crippen LogP contribution < -0.4 is 0 Å². The van der Waals surface area contributed by atoms with Gasteiger partial charge in [-0.3, -0.25) is 4.79 Å². The van der Waals surface area contributed by atoms with Crippen molar-refractivity contribution in [3.63, 3.8) is 0 Å². The van der Waals surface area contributed by atoms with Gasteiger partial charge in [0.1, 0.15) is 0 Å². The lowest BCUT2D eigenvalue weighted by Crippen LogP contribution is -1.97. The molecule has 1 aromatic carbocycles. The van der Waals surface area contributed by atoms with Crippen LogP contribution in [0.5, 0.6) is 0 Å². The van der Waals surface area contributed by atoms with E-state index in [9.17, 15) is 4.79 Å². The van der Waals surface area contributed by atoms with Gasteiger partial charge < -0.3 is 5.11 Å². The average Bonchev–Trinajstić information content (AvgIpc) is 2.22. The molecular formula is C13H15NO2. The van der Waals surface area contributed by atoms with Crippen LogP contribution in [0.3, 0.4) is 0 Å². The summed E-state index contributed by atoms with van der Waals surface area (Å²) in [7, 11) is 0. The van der Waals surface area contributed by atoms with Gasteiger partial charge in [-0.05, 0) is 49.4 Å². The largest absolute Gasteiger partial charge is 0.481 e. The van der Waals surface area contributed by atoms with E-state index in [1.165, 1.54) is 0 Å². The first-order chi connectivity index (χ1) is 7.54. The molecule has 0 fully saturated rings. The summed E-state index contributed by atoms with van der Waals surface area (Å²) in [5, 5.41) is 17.5. The van der Waals surface area contributed by atoms with Crippen LogP contribution in [0.1, 0.15) is 35.1 Å². The van der Waals surface area contributed by atoms with Crippen LogP contribution in [0.2, 0.25) is 0 Å². The SMILES string of the molecule is Cc1cc(CCCC(=O)O)cc(C#N)c1C. The molecule has 0 bridgehead atoms. The molecule has 0 aliphatic heterocycles. The van der Waals surface area contributed by atoms with Crippen LogP contribution in [-0.2, 0) is 11.2 Å². The van der Waals surface area contributed by atoms with E-state index < -0.39 is 5.97 Å². The maximum absolute atomic E-state index is 10.4. The smallest absolute Gasteiger partial charge is 0.303 e. The van der Waals surface area contributed by atoms with Gasteiger partial charge in [0.2, 0.25) is 0 Å². The van der Waals surface area contributed by atoms with Crippen molar-refractivity contribution in [2.24, 2.45) is 0 Å². The first-order valence-electron chi connectivity index (χ1n) is 5.26. The van der Waals surface area contributed by atoms with Crippen molar-refractivity contribution in [2.75, 3.05) is 0 Å². The van der Waals surface area contributed by atoms with E-state index in [-0.39, 0.29) is 6.42 Å². The predicted molar refractivity (Wildman–Crippen MR) is 61.2 cm³/mol. The van der Waals surface area contributed by atoms with E-state index in [0.29, 0.717) is 18.4 Å². The highest BCUT2D eigenvalue weighted by atomic mass is 16.4. The van der Waals surface area contributed by atoms with Crippen LogP contribution in [0, 0.1) is 25.2 Å². The second-order valence-corrected chi connectivity index (χ2v) is 3.94. The Kier molecular flexibility index (Phi) is 4.07. The molecule has 3 nitrogen and oxygen atoms in total.